The van der Waals surface area contributed by atoms with Gasteiger partial charge >= 0.3 is 0 Å². The van der Waals surface area contributed by atoms with Crippen LogP contribution in [0.5, 0.6) is 5.75 Å². The lowest BCUT2D eigenvalue weighted by Gasteiger charge is -2.28. The van der Waals surface area contributed by atoms with Crippen LogP contribution in [0, 0.1) is 0 Å². The first-order chi connectivity index (χ1) is 10.7. The van der Waals surface area contributed by atoms with Gasteiger partial charge in [-0.3, -0.25) is 9.69 Å². The average molecular weight is 300 g/mol. The second kappa shape index (κ2) is 6.77. The highest BCUT2D eigenvalue weighted by molar-refractivity contribution is 5.83. The van der Waals surface area contributed by atoms with Crippen LogP contribution in [0.15, 0.2) is 42.5 Å². The molecule has 0 aromatic heterocycles. The number of amides is 1. The summed E-state index contributed by atoms with van der Waals surface area (Å²) in [5.74, 6) is 0.753. The summed E-state index contributed by atoms with van der Waals surface area (Å²) in [7, 11) is 0. The molecule has 1 amide bonds. The number of fused-ring (bicyclic) bond motifs is 1. The summed E-state index contributed by atoms with van der Waals surface area (Å²) in [6.07, 6.45) is -0.614. The van der Waals surface area contributed by atoms with Gasteiger partial charge in [0.15, 0.2) is 0 Å². The first-order valence-corrected chi connectivity index (χ1v) is 7.49. The van der Waals surface area contributed by atoms with Gasteiger partial charge < -0.3 is 15.2 Å². The molecule has 3 rings (SSSR count). The summed E-state index contributed by atoms with van der Waals surface area (Å²) in [6.45, 7) is 2.40. The van der Waals surface area contributed by atoms with Crippen LogP contribution in [0.1, 0.15) is 0 Å². The summed E-state index contributed by atoms with van der Waals surface area (Å²) in [5.41, 5.74) is 0. The zero-order valence-electron chi connectivity index (χ0n) is 12.4. The van der Waals surface area contributed by atoms with Crippen LogP contribution in [0.25, 0.3) is 10.8 Å². The van der Waals surface area contributed by atoms with E-state index in [9.17, 15) is 9.90 Å². The molecule has 0 saturated carbocycles. The number of benzene rings is 2. The number of aliphatic hydroxyl groups excluding tert-OH is 1. The second-order valence-electron chi connectivity index (χ2n) is 5.56. The van der Waals surface area contributed by atoms with E-state index in [1.807, 2.05) is 41.3 Å². The lowest BCUT2D eigenvalue weighted by Crippen LogP contribution is -2.50. The number of ether oxygens (including phenoxy) is 1. The van der Waals surface area contributed by atoms with Gasteiger partial charge in [-0.15, -0.1) is 0 Å². The predicted octanol–water partition coefficient (Wildman–Crippen LogP) is 1.01. The first-order valence-electron chi connectivity index (χ1n) is 7.49. The third-order valence-electron chi connectivity index (χ3n) is 3.75. The van der Waals surface area contributed by atoms with Gasteiger partial charge in [-0.05, 0) is 22.9 Å². The van der Waals surface area contributed by atoms with Crippen LogP contribution in [-0.4, -0.2) is 54.8 Å². The fourth-order valence-electron chi connectivity index (χ4n) is 2.65. The topological polar surface area (TPSA) is 61.8 Å². The maximum Gasteiger partial charge on any atom is 0.234 e. The van der Waals surface area contributed by atoms with E-state index in [4.69, 9.17) is 4.74 Å². The Morgan fingerprint density at radius 2 is 2.05 bits per heavy atom. The van der Waals surface area contributed by atoms with Crippen LogP contribution >= 0.6 is 0 Å². The van der Waals surface area contributed by atoms with Crippen molar-refractivity contribution in [3.05, 3.63) is 42.5 Å². The molecule has 2 aromatic rings. The summed E-state index contributed by atoms with van der Waals surface area (Å²) in [6, 6.07) is 14.0. The van der Waals surface area contributed by atoms with Crippen molar-refractivity contribution in [1.29, 1.82) is 0 Å². The van der Waals surface area contributed by atoms with E-state index in [-0.39, 0.29) is 12.5 Å². The van der Waals surface area contributed by atoms with Crippen LogP contribution in [0.3, 0.4) is 0 Å². The van der Waals surface area contributed by atoms with Crippen LogP contribution in [0.2, 0.25) is 0 Å². The molecule has 1 saturated heterocycles. The Bertz CT molecular complexity index is 659. The van der Waals surface area contributed by atoms with Gasteiger partial charge in [-0.2, -0.15) is 0 Å². The third-order valence-corrected chi connectivity index (χ3v) is 3.75. The molecule has 22 heavy (non-hydrogen) atoms. The fourth-order valence-corrected chi connectivity index (χ4v) is 2.65. The number of β-amino-alcohol motifs (C(OH)–C–C–N with tert-alkyl or cyclic N) is 1. The van der Waals surface area contributed by atoms with Gasteiger partial charge in [0.05, 0.1) is 6.54 Å². The molecule has 1 aliphatic heterocycles. The van der Waals surface area contributed by atoms with Crippen molar-refractivity contribution >= 4 is 16.7 Å². The molecule has 0 bridgehead atoms. The number of carbonyl (C=O) groups excluding carboxylic acids is 1. The Hall–Kier alpha value is -2.11. The molecule has 1 atom stereocenters. The SMILES string of the molecule is O=C1CN(C[C@H](O)COc2ccc3ccccc3c2)CCN1. The molecule has 116 valence electrons. The Labute approximate surface area is 129 Å². The fraction of sp³-hybridized carbons (Fsp3) is 0.353. The molecule has 5 nitrogen and oxygen atoms in total. The average Bonchev–Trinajstić information content (AvgIpc) is 2.53. The molecule has 0 radical (unpaired) electrons. The standard InChI is InChI=1S/C17H20N2O3/c20-15(10-19-8-7-18-17(21)11-19)12-22-16-6-5-13-3-1-2-4-14(13)9-16/h1-6,9,15,20H,7-8,10-12H2,(H,18,21)/t15-/m0/s1. The number of hydrogen-bond donors (Lipinski definition) is 2. The normalized spacial score (nSPS) is 17.2. The van der Waals surface area contributed by atoms with Gasteiger partial charge in [-0.1, -0.05) is 30.3 Å². The highest BCUT2D eigenvalue weighted by atomic mass is 16.5. The van der Waals surface area contributed by atoms with Crippen molar-refractivity contribution < 1.29 is 14.6 Å². The van der Waals surface area contributed by atoms with E-state index < -0.39 is 6.10 Å². The van der Waals surface area contributed by atoms with Gasteiger partial charge in [0.2, 0.25) is 5.91 Å². The number of nitrogens with one attached hydrogen (secondary N) is 1. The molecule has 0 spiro atoms. The number of hydrogen-bond acceptors (Lipinski definition) is 4. The maximum absolute atomic E-state index is 11.3. The number of aliphatic hydroxyl groups is 1. The minimum atomic E-state index is -0.614. The molecular weight excluding hydrogens is 280 g/mol. The molecule has 2 aromatic carbocycles. The van der Waals surface area contributed by atoms with Crippen LogP contribution in [-0.2, 0) is 4.79 Å². The van der Waals surface area contributed by atoms with Gasteiger partial charge in [0, 0.05) is 19.6 Å². The van der Waals surface area contributed by atoms with Crippen LogP contribution in [0.4, 0.5) is 0 Å². The number of rotatable bonds is 5. The Morgan fingerprint density at radius 1 is 1.23 bits per heavy atom. The van der Waals surface area contributed by atoms with Crippen molar-refractivity contribution in [3.8, 4) is 5.75 Å². The molecule has 1 aliphatic rings. The lowest BCUT2D eigenvalue weighted by atomic mass is 10.1. The molecule has 0 unspecified atom stereocenters. The summed E-state index contributed by atoms with van der Waals surface area (Å²) in [4.78, 5) is 13.2. The van der Waals surface area contributed by atoms with Gasteiger partial charge in [0.25, 0.3) is 0 Å². The van der Waals surface area contributed by atoms with Crippen molar-refractivity contribution in [1.82, 2.24) is 10.2 Å². The summed E-state index contributed by atoms with van der Waals surface area (Å²) < 4.78 is 5.67. The van der Waals surface area contributed by atoms with E-state index in [2.05, 4.69) is 11.4 Å². The highest BCUT2D eigenvalue weighted by Crippen LogP contribution is 2.20. The Balaban J connectivity index is 1.53. The van der Waals surface area contributed by atoms with E-state index in [1.165, 1.54) is 0 Å². The monoisotopic (exact) mass is 300 g/mol. The van der Waals surface area contributed by atoms with Crippen molar-refractivity contribution in [3.63, 3.8) is 0 Å². The molecule has 0 aliphatic carbocycles. The zero-order chi connectivity index (χ0) is 15.4. The largest absolute Gasteiger partial charge is 0.491 e. The summed E-state index contributed by atoms with van der Waals surface area (Å²) in [5, 5.41) is 15.1. The van der Waals surface area contributed by atoms with E-state index in [0.717, 1.165) is 23.1 Å². The molecule has 1 heterocycles. The summed E-state index contributed by atoms with van der Waals surface area (Å²) >= 11 is 0. The van der Waals surface area contributed by atoms with Crippen molar-refractivity contribution in [2.24, 2.45) is 0 Å². The number of carbonyl (C=O) groups is 1. The molecular formula is C17H20N2O3. The minimum absolute atomic E-state index is 0.00824. The second-order valence-corrected chi connectivity index (χ2v) is 5.56. The highest BCUT2D eigenvalue weighted by Gasteiger charge is 2.19. The molecule has 1 fully saturated rings. The maximum atomic E-state index is 11.3. The van der Waals surface area contributed by atoms with E-state index in [1.54, 1.807) is 0 Å². The first kappa shape index (κ1) is 14.8. The smallest absolute Gasteiger partial charge is 0.234 e. The Morgan fingerprint density at radius 3 is 2.86 bits per heavy atom. The van der Waals surface area contributed by atoms with E-state index >= 15 is 0 Å². The Kier molecular flexibility index (Phi) is 4.56. The quantitative estimate of drug-likeness (QED) is 0.865. The van der Waals surface area contributed by atoms with Gasteiger partial charge in [-0.25, -0.2) is 0 Å². The lowest BCUT2D eigenvalue weighted by molar-refractivity contribution is -0.124. The molecule has 2 N–H and O–H groups in total. The van der Waals surface area contributed by atoms with Crippen molar-refractivity contribution in [2.45, 2.75) is 6.10 Å². The van der Waals surface area contributed by atoms with Gasteiger partial charge in [0.1, 0.15) is 18.5 Å². The van der Waals surface area contributed by atoms with Crippen LogP contribution < -0.4 is 10.1 Å². The zero-order valence-corrected chi connectivity index (χ0v) is 12.4. The number of piperazine rings is 1. The minimum Gasteiger partial charge on any atom is -0.491 e. The molecule has 5 heteroatoms. The van der Waals surface area contributed by atoms with E-state index in [0.29, 0.717) is 19.6 Å². The van der Waals surface area contributed by atoms with Crippen molar-refractivity contribution in [2.75, 3.05) is 32.8 Å². The third kappa shape index (κ3) is 3.75. The predicted molar refractivity (Wildman–Crippen MR) is 84.9 cm³/mol. The number of nitrogens with zero attached hydrogens (tertiary/aromatic N) is 1.